The fourth-order valence-electron chi connectivity index (χ4n) is 2.37. The lowest BCUT2D eigenvalue weighted by Gasteiger charge is -2.32. The maximum Gasteiger partial charge on any atom is 0.328 e. The molecule has 6 heteroatoms. The van der Waals surface area contributed by atoms with Gasteiger partial charge in [-0.2, -0.15) is 5.10 Å². The van der Waals surface area contributed by atoms with Gasteiger partial charge in [-0.05, 0) is 25.3 Å². The summed E-state index contributed by atoms with van der Waals surface area (Å²) in [5, 5.41) is 4.03. The summed E-state index contributed by atoms with van der Waals surface area (Å²) in [7, 11) is 3.17. The first-order valence-electron chi connectivity index (χ1n) is 6.67. The van der Waals surface area contributed by atoms with Crippen molar-refractivity contribution >= 4 is 18.0 Å². The van der Waals surface area contributed by atoms with Crippen molar-refractivity contribution in [2.45, 2.75) is 25.3 Å². The van der Waals surface area contributed by atoms with E-state index in [1.165, 1.54) is 13.2 Å². The van der Waals surface area contributed by atoms with Crippen LogP contribution in [0, 0.1) is 0 Å². The van der Waals surface area contributed by atoms with E-state index in [4.69, 9.17) is 4.74 Å². The number of methoxy groups -OCH3 is 1. The molecule has 0 aliphatic carbocycles. The van der Waals surface area contributed by atoms with Gasteiger partial charge in [-0.3, -0.25) is 9.48 Å². The normalized spacial score (nSPS) is 19.3. The molecule has 108 valence electrons. The van der Waals surface area contributed by atoms with Crippen LogP contribution in [-0.4, -0.2) is 46.3 Å². The first-order valence-corrected chi connectivity index (χ1v) is 6.67. The van der Waals surface area contributed by atoms with Crippen molar-refractivity contribution < 1.29 is 14.3 Å². The summed E-state index contributed by atoms with van der Waals surface area (Å²) < 4.78 is 6.43. The third-order valence-corrected chi connectivity index (χ3v) is 3.40. The Bertz CT molecular complexity index is 521. The molecule has 1 aliphatic rings. The molecule has 2 heterocycles. The molecule has 0 radical (unpaired) electrons. The molecule has 6 nitrogen and oxygen atoms in total. The standard InChI is InChI=1S/C14H19N3O3/c1-16-10-11(9-15-16)6-7-13(18)17-8-4-3-5-12(17)14(19)20-2/h6-7,9-10,12H,3-5,8H2,1-2H3/b7-6+/t12-/m0/s1. The minimum absolute atomic E-state index is 0.163. The Morgan fingerprint density at radius 2 is 2.25 bits per heavy atom. The Kier molecular flexibility index (Phi) is 4.55. The molecule has 0 bridgehead atoms. The number of rotatable bonds is 3. The fraction of sp³-hybridized carbons (Fsp3) is 0.500. The number of aryl methyl sites for hydroxylation is 1. The van der Waals surface area contributed by atoms with Gasteiger partial charge in [0.2, 0.25) is 5.91 Å². The van der Waals surface area contributed by atoms with Gasteiger partial charge in [0.15, 0.2) is 0 Å². The molecule has 1 saturated heterocycles. The maximum atomic E-state index is 12.2. The van der Waals surface area contributed by atoms with Crippen LogP contribution in [0.3, 0.4) is 0 Å². The van der Waals surface area contributed by atoms with Crippen LogP contribution in [0.1, 0.15) is 24.8 Å². The number of nitrogens with zero attached hydrogens (tertiary/aromatic N) is 3. The third-order valence-electron chi connectivity index (χ3n) is 3.40. The topological polar surface area (TPSA) is 64.4 Å². The van der Waals surface area contributed by atoms with Crippen molar-refractivity contribution in [2.24, 2.45) is 7.05 Å². The predicted octanol–water partition coefficient (Wildman–Crippen LogP) is 0.987. The quantitative estimate of drug-likeness (QED) is 0.610. The van der Waals surface area contributed by atoms with Gasteiger partial charge >= 0.3 is 5.97 Å². The van der Waals surface area contributed by atoms with Gasteiger partial charge in [0.05, 0.1) is 13.3 Å². The highest BCUT2D eigenvalue weighted by atomic mass is 16.5. The maximum absolute atomic E-state index is 12.2. The van der Waals surface area contributed by atoms with E-state index >= 15 is 0 Å². The number of ether oxygens (including phenoxy) is 1. The van der Waals surface area contributed by atoms with Crippen LogP contribution in [0.15, 0.2) is 18.5 Å². The Labute approximate surface area is 118 Å². The molecule has 1 amide bonds. The SMILES string of the molecule is COC(=O)[C@@H]1CCCCN1C(=O)/C=C/c1cnn(C)c1. The summed E-state index contributed by atoms with van der Waals surface area (Å²) in [6, 6.07) is -0.459. The Morgan fingerprint density at radius 1 is 1.45 bits per heavy atom. The molecule has 1 aliphatic heterocycles. The predicted molar refractivity (Wildman–Crippen MR) is 73.6 cm³/mol. The monoisotopic (exact) mass is 277 g/mol. The number of carbonyl (C=O) groups is 2. The van der Waals surface area contributed by atoms with Crippen LogP contribution in [0.4, 0.5) is 0 Å². The van der Waals surface area contributed by atoms with Gasteiger partial charge < -0.3 is 9.64 Å². The summed E-state index contributed by atoms with van der Waals surface area (Å²) in [6.07, 6.45) is 9.21. The smallest absolute Gasteiger partial charge is 0.328 e. The van der Waals surface area contributed by atoms with Crippen molar-refractivity contribution in [1.29, 1.82) is 0 Å². The second kappa shape index (κ2) is 6.36. The number of carbonyl (C=O) groups excluding carboxylic acids is 2. The van der Waals surface area contributed by atoms with E-state index in [0.29, 0.717) is 13.0 Å². The number of esters is 1. The average molecular weight is 277 g/mol. The van der Waals surface area contributed by atoms with Gasteiger partial charge in [-0.25, -0.2) is 4.79 Å². The minimum Gasteiger partial charge on any atom is -0.467 e. The van der Waals surface area contributed by atoms with E-state index in [2.05, 4.69) is 5.10 Å². The Balaban J connectivity index is 2.06. The van der Waals surface area contributed by atoms with Crippen molar-refractivity contribution in [3.8, 4) is 0 Å². The summed E-state index contributed by atoms with van der Waals surface area (Å²) in [4.78, 5) is 25.5. The van der Waals surface area contributed by atoms with Crippen molar-refractivity contribution in [3.63, 3.8) is 0 Å². The van der Waals surface area contributed by atoms with E-state index in [0.717, 1.165) is 18.4 Å². The van der Waals surface area contributed by atoms with Crippen molar-refractivity contribution in [2.75, 3.05) is 13.7 Å². The summed E-state index contributed by atoms with van der Waals surface area (Å²) >= 11 is 0. The molecule has 0 aromatic carbocycles. The number of aromatic nitrogens is 2. The molecule has 0 unspecified atom stereocenters. The Hall–Kier alpha value is -2.11. The van der Waals surface area contributed by atoms with Gasteiger partial charge in [0, 0.05) is 31.4 Å². The van der Waals surface area contributed by atoms with Crippen LogP contribution in [-0.2, 0) is 21.4 Å². The van der Waals surface area contributed by atoms with Gasteiger partial charge in [-0.15, -0.1) is 0 Å². The molecular weight excluding hydrogens is 258 g/mol. The van der Waals surface area contributed by atoms with E-state index in [1.54, 1.807) is 21.9 Å². The average Bonchev–Trinajstić information content (AvgIpc) is 2.89. The number of hydrogen-bond acceptors (Lipinski definition) is 4. The van der Waals surface area contributed by atoms with Crippen LogP contribution in [0.5, 0.6) is 0 Å². The molecule has 20 heavy (non-hydrogen) atoms. The highest BCUT2D eigenvalue weighted by Gasteiger charge is 2.31. The lowest BCUT2D eigenvalue weighted by molar-refractivity contribution is -0.153. The van der Waals surface area contributed by atoms with Gasteiger partial charge in [0.1, 0.15) is 6.04 Å². The summed E-state index contributed by atoms with van der Waals surface area (Å²) in [6.45, 7) is 0.593. The first kappa shape index (κ1) is 14.3. The lowest BCUT2D eigenvalue weighted by Crippen LogP contribution is -2.47. The Morgan fingerprint density at radius 3 is 2.90 bits per heavy atom. The number of likely N-dealkylation sites (tertiary alicyclic amines) is 1. The summed E-state index contributed by atoms with van der Waals surface area (Å²) in [5.74, 6) is -0.503. The zero-order valence-electron chi connectivity index (χ0n) is 11.8. The minimum atomic E-state index is -0.459. The highest BCUT2D eigenvalue weighted by molar-refractivity contribution is 5.94. The second-order valence-corrected chi connectivity index (χ2v) is 4.85. The molecule has 0 N–H and O–H groups in total. The van der Waals surface area contributed by atoms with Gasteiger partial charge in [0.25, 0.3) is 0 Å². The zero-order chi connectivity index (χ0) is 14.5. The third kappa shape index (κ3) is 3.26. The van der Waals surface area contributed by atoms with E-state index in [-0.39, 0.29) is 11.9 Å². The number of piperidine rings is 1. The number of amides is 1. The molecule has 1 aromatic heterocycles. The zero-order valence-corrected chi connectivity index (χ0v) is 11.8. The van der Waals surface area contributed by atoms with Crippen LogP contribution >= 0.6 is 0 Å². The van der Waals surface area contributed by atoms with E-state index in [1.807, 2.05) is 13.2 Å². The van der Waals surface area contributed by atoms with Crippen LogP contribution in [0.2, 0.25) is 0 Å². The molecule has 0 saturated carbocycles. The van der Waals surface area contributed by atoms with Crippen molar-refractivity contribution in [3.05, 3.63) is 24.0 Å². The number of hydrogen-bond donors (Lipinski definition) is 0. The van der Waals surface area contributed by atoms with E-state index in [9.17, 15) is 9.59 Å². The van der Waals surface area contributed by atoms with Crippen molar-refractivity contribution in [1.82, 2.24) is 14.7 Å². The molecular formula is C14H19N3O3. The van der Waals surface area contributed by atoms with Crippen LogP contribution in [0.25, 0.3) is 6.08 Å². The molecule has 0 spiro atoms. The van der Waals surface area contributed by atoms with E-state index < -0.39 is 6.04 Å². The molecule has 2 rings (SSSR count). The molecule has 1 aromatic rings. The fourth-order valence-corrected chi connectivity index (χ4v) is 2.37. The lowest BCUT2D eigenvalue weighted by atomic mass is 10.0. The second-order valence-electron chi connectivity index (χ2n) is 4.85. The largest absolute Gasteiger partial charge is 0.467 e. The van der Waals surface area contributed by atoms with Crippen LogP contribution < -0.4 is 0 Å². The molecule has 1 fully saturated rings. The molecule has 1 atom stereocenters. The van der Waals surface area contributed by atoms with Gasteiger partial charge in [-0.1, -0.05) is 0 Å². The highest BCUT2D eigenvalue weighted by Crippen LogP contribution is 2.18. The summed E-state index contributed by atoms with van der Waals surface area (Å²) in [5.41, 5.74) is 0.854. The first-order chi connectivity index (χ1) is 9.61.